The molecular weight excluding hydrogens is 144 g/mol. The second kappa shape index (κ2) is 2.75. The van der Waals surface area contributed by atoms with Crippen molar-refractivity contribution in [2.45, 2.75) is 31.8 Å². The van der Waals surface area contributed by atoms with Gasteiger partial charge in [0, 0.05) is 0 Å². The Morgan fingerprint density at radius 3 is 2.27 bits per heavy atom. The van der Waals surface area contributed by atoms with Gasteiger partial charge in [-0.05, 0) is 13.8 Å². The number of carbonyl (C=O) groups excluding carboxylic acids is 1. The Morgan fingerprint density at radius 2 is 1.91 bits per heavy atom. The molecule has 1 heterocycles. The smallest absolute Gasteiger partial charge is 0.164 e. The van der Waals surface area contributed by atoms with Crippen LogP contribution in [-0.2, 0) is 14.3 Å². The first-order chi connectivity index (χ1) is 5.09. The maximum atomic E-state index is 10.4. The number of aldehydes is 1. The summed E-state index contributed by atoms with van der Waals surface area (Å²) in [7, 11) is 0. The standard InChI is InChI=1S/C8H12O3/c1-4-6-7(5-9)11-8(2,3)10-6/h4-7H,1H2,2-3H3/t6?,7-/m0/s1. The molecule has 0 amide bonds. The number of rotatable bonds is 2. The zero-order valence-corrected chi connectivity index (χ0v) is 6.74. The van der Waals surface area contributed by atoms with Gasteiger partial charge in [0.05, 0.1) is 0 Å². The van der Waals surface area contributed by atoms with Gasteiger partial charge in [0.1, 0.15) is 12.2 Å². The predicted molar refractivity (Wildman–Crippen MR) is 40.1 cm³/mol. The van der Waals surface area contributed by atoms with E-state index in [1.807, 2.05) is 0 Å². The lowest BCUT2D eigenvalue weighted by Crippen LogP contribution is -2.22. The summed E-state index contributed by atoms with van der Waals surface area (Å²) in [5, 5.41) is 0. The second-order valence-electron chi connectivity index (χ2n) is 2.94. The predicted octanol–water partition coefficient (Wildman–Crippen LogP) is 0.891. The van der Waals surface area contributed by atoms with Crippen molar-refractivity contribution in [3.05, 3.63) is 12.7 Å². The fourth-order valence-corrected chi connectivity index (χ4v) is 1.10. The van der Waals surface area contributed by atoms with E-state index in [4.69, 9.17) is 9.47 Å². The number of hydrogen-bond donors (Lipinski definition) is 0. The summed E-state index contributed by atoms with van der Waals surface area (Å²) in [4.78, 5) is 10.4. The topological polar surface area (TPSA) is 35.5 Å². The average Bonchev–Trinajstić information content (AvgIpc) is 2.25. The molecule has 1 unspecified atom stereocenters. The molecule has 0 radical (unpaired) electrons. The molecule has 1 rings (SSSR count). The fraction of sp³-hybridized carbons (Fsp3) is 0.625. The molecular formula is C8H12O3. The Hall–Kier alpha value is -0.670. The van der Waals surface area contributed by atoms with Crippen molar-refractivity contribution in [1.29, 1.82) is 0 Å². The van der Waals surface area contributed by atoms with Crippen molar-refractivity contribution in [3.8, 4) is 0 Å². The minimum atomic E-state index is -0.662. The Labute approximate surface area is 66.0 Å². The van der Waals surface area contributed by atoms with Crippen LogP contribution in [0.3, 0.4) is 0 Å². The molecule has 0 bridgehead atoms. The summed E-state index contributed by atoms with van der Waals surface area (Å²) in [6.45, 7) is 7.08. The molecule has 1 aliphatic rings. The molecule has 1 saturated heterocycles. The van der Waals surface area contributed by atoms with E-state index in [2.05, 4.69) is 6.58 Å². The molecule has 62 valence electrons. The van der Waals surface area contributed by atoms with Crippen molar-refractivity contribution in [2.75, 3.05) is 0 Å². The van der Waals surface area contributed by atoms with Crippen LogP contribution in [0, 0.1) is 0 Å². The van der Waals surface area contributed by atoms with Crippen LogP contribution in [0.2, 0.25) is 0 Å². The van der Waals surface area contributed by atoms with Crippen LogP contribution in [0.15, 0.2) is 12.7 Å². The largest absolute Gasteiger partial charge is 0.340 e. The first-order valence-electron chi connectivity index (χ1n) is 3.52. The van der Waals surface area contributed by atoms with Gasteiger partial charge in [-0.2, -0.15) is 0 Å². The van der Waals surface area contributed by atoms with Crippen LogP contribution in [0.25, 0.3) is 0 Å². The van der Waals surface area contributed by atoms with Gasteiger partial charge in [-0.15, -0.1) is 6.58 Å². The van der Waals surface area contributed by atoms with Gasteiger partial charge in [0.15, 0.2) is 12.1 Å². The summed E-state index contributed by atoms with van der Waals surface area (Å²) >= 11 is 0. The highest BCUT2D eigenvalue weighted by molar-refractivity contribution is 5.58. The van der Waals surface area contributed by atoms with Gasteiger partial charge in [-0.25, -0.2) is 0 Å². The van der Waals surface area contributed by atoms with Crippen molar-refractivity contribution < 1.29 is 14.3 Å². The van der Waals surface area contributed by atoms with Crippen LogP contribution < -0.4 is 0 Å². The van der Waals surface area contributed by atoms with E-state index < -0.39 is 11.9 Å². The van der Waals surface area contributed by atoms with Crippen molar-refractivity contribution in [2.24, 2.45) is 0 Å². The molecule has 1 aliphatic heterocycles. The second-order valence-corrected chi connectivity index (χ2v) is 2.94. The van der Waals surface area contributed by atoms with Crippen LogP contribution >= 0.6 is 0 Å². The monoisotopic (exact) mass is 156 g/mol. The molecule has 0 aromatic heterocycles. The molecule has 0 aromatic rings. The Bertz CT molecular complexity index is 156. The van der Waals surface area contributed by atoms with Gasteiger partial charge >= 0.3 is 0 Å². The molecule has 11 heavy (non-hydrogen) atoms. The van der Waals surface area contributed by atoms with Crippen molar-refractivity contribution in [3.63, 3.8) is 0 Å². The Kier molecular flexibility index (Phi) is 2.11. The van der Waals surface area contributed by atoms with Crippen LogP contribution in [0.1, 0.15) is 13.8 Å². The number of carbonyl (C=O) groups is 1. The molecule has 2 atom stereocenters. The minimum Gasteiger partial charge on any atom is -0.340 e. The molecule has 3 heteroatoms. The summed E-state index contributed by atoms with van der Waals surface area (Å²) in [6, 6.07) is 0. The highest BCUT2D eigenvalue weighted by atomic mass is 16.8. The van der Waals surface area contributed by atoms with Gasteiger partial charge in [-0.3, -0.25) is 0 Å². The maximum Gasteiger partial charge on any atom is 0.164 e. The lowest BCUT2D eigenvalue weighted by molar-refractivity contribution is -0.148. The van der Waals surface area contributed by atoms with E-state index in [1.54, 1.807) is 19.9 Å². The third kappa shape index (κ3) is 1.67. The number of hydrogen-bond acceptors (Lipinski definition) is 3. The van der Waals surface area contributed by atoms with Gasteiger partial charge < -0.3 is 14.3 Å². The van der Waals surface area contributed by atoms with E-state index in [0.717, 1.165) is 6.29 Å². The van der Waals surface area contributed by atoms with E-state index in [0.29, 0.717) is 0 Å². The quantitative estimate of drug-likeness (QED) is 0.440. The maximum absolute atomic E-state index is 10.4. The molecule has 0 spiro atoms. The molecule has 0 N–H and O–H groups in total. The van der Waals surface area contributed by atoms with Gasteiger partial charge in [0.25, 0.3) is 0 Å². The SMILES string of the molecule is C=CC1OC(C)(C)O[C@H]1C=O. The number of ether oxygens (including phenoxy) is 2. The highest BCUT2D eigenvalue weighted by Crippen LogP contribution is 2.27. The summed E-state index contributed by atoms with van der Waals surface area (Å²) in [5.41, 5.74) is 0. The first-order valence-corrected chi connectivity index (χ1v) is 3.52. The third-order valence-corrected chi connectivity index (χ3v) is 1.53. The molecule has 0 aromatic carbocycles. The van der Waals surface area contributed by atoms with E-state index in [1.165, 1.54) is 0 Å². The van der Waals surface area contributed by atoms with Crippen LogP contribution in [-0.4, -0.2) is 24.3 Å². The lowest BCUT2D eigenvalue weighted by atomic mass is 10.2. The van der Waals surface area contributed by atoms with E-state index >= 15 is 0 Å². The summed E-state index contributed by atoms with van der Waals surface area (Å²) < 4.78 is 10.6. The minimum absolute atomic E-state index is 0.303. The van der Waals surface area contributed by atoms with Crippen molar-refractivity contribution >= 4 is 6.29 Å². The molecule has 3 nitrogen and oxygen atoms in total. The van der Waals surface area contributed by atoms with Gasteiger partial charge in [0.2, 0.25) is 0 Å². The summed E-state index contributed by atoms with van der Waals surface area (Å²) in [5.74, 6) is -0.662. The van der Waals surface area contributed by atoms with Crippen LogP contribution in [0.5, 0.6) is 0 Å². The summed E-state index contributed by atoms with van der Waals surface area (Å²) in [6.07, 6.45) is 1.51. The van der Waals surface area contributed by atoms with E-state index in [-0.39, 0.29) is 6.10 Å². The fourth-order valence-electron chi connectivity index (χ4n) is 1.10. The van der Waals surface area contributed by atoms with E-state index in [9.17, 15) is 4.79 Å². The highest BCUT2D eigenvalue weighted by Gasteiger charge is 2.39. The normalized spacial score (nSPS) is 35.1. The zero-order chi connectivity index (χ0) is 8.48. The molecule has 0 saturated carbocycles. The van der Waals surface area contributed by atoms with Crippen molar-refractivity contribution in [1.82, 2.24) is 0 Å². The first kappa shape index (κ1) is 8.43. The average molecular weight is 156 g/mol. The third-order valence-electron chi connectivity index (χ3n) is 1.53. The zero-order valence-electron chi connectivity index (χ0n) is 6.74. The Morgan fingerprint density at radius 1 is 1.36 bits per heavy atom. The Balaban J connectivity index is 2.69. The van der Waals surface area contributed by atoms with Gasteiger partial charge in [-0.1, -0.05) is 6.08 Å². The molecule has 0 aliphatic carbocycles. The van der Waals surface area contributed by atoms with Crippen LogP contribution in [0.4, 0.5) is 0 Å². The lowest BCUT2D eigenvalue weighted by Gasteiger charge is -2.15. The molecule has 1 fully saturated rings.